The normalized spacial score (nSPS) is 9.88. The summed E-state index contributed by atoms with van der Waals surface area (Å²) in [7, 11) is 1.45. The van der Waals surface area contributed by atoms with Gasteiger partial charge in [0.25, 0.3) is 5.91 Å². The van der Waals surface area contributed by atoms with Gasteiger partial charge in [0.15, 0.2) is 13.4 Å². The molecule has 0 atom stereocenters. The summed E-state index contributed by atoms with van der Waals surface area (Å²) in [4.78, 5) is 15.7. The van der Waals surface area contributed by atoms with Gasteiger partial charge in [0.05, 0.1) is 0 Å². The van der Waals surface area contributed by atoms with Crippen LogP contribution in [-0.2, 0) is 14.4 Å². The summed E-state index contributed by atoms with van der Waals surface area (Å²) in [6.07, 6.45) is 0. The lowest BCUT2D eigenvalue weighted by molar-refractivity contribution is -0.146. The van der Waals surface area contributed by atoms with E-state index in [1.54, 1.807) is 24.3 Å². The van der Waals surface area contributed by atoms with E-state index in [4.69, 9.17) is 16.3 Å². The Morgan fingerprint density at radius 2 is 2.06 bits per heavy atom. The second kappa shape index (κ2) is 7.05. The number of rotatable bonds is 6. The fraction of sp³-hybridized carbons (Fsp3) is 0.300. The number of ether oxygens (including phenoxy) is 2. The molecule has 1 aromatic carbocycles. The van der Waals surface area contributed by atoms with Crippen molar-refractivity contribution >= 4 is 17.5 Å². The van der Waals surface area contributed by atoms with E-state index in [1.165, 1.54) is 7.11 Å². The maximum atomic E-state index is 11.1. The van der Waals surface area contributed by atoms with Crippen molar-refractivity contribution in [3.05, 3.63) is 29.3 Å². The summed E-state index contributed by atoms with van der Waals surface area (Å²) in [6.45, 7) is -0.141. The van der Waals surface area contributed by atoms with E-state index in [-0.39, 0.29) is 13.4 Å². The Bertz CT molecular complexity index is 328. The topological polar surface area (TPSA) is 56.8 Å². The van der Waals surface area contributed by atoms with Crippen LogP contribution in [0.3, 0.4) is 0 Å². The summed E-state index contributed by atoms with van der Waals surface area (Å²) in [5, 5.41) is 0.611. The fourth-order valence-corrected chi connectivity index (χ4v) is 1.00. The molecule has 0 heterocycles. The van der Waals surface area contributed by atoms with Crippen LogP contribution in [0.2, 0.25) is 5.02 Å². The smallest absolute Gasteiger partial charge is 0.281 e. The molecule has 0 saturated heterocycles. The van der Waals surface area contributed by atoms with Crippen LogP contribution in [0.1, 0.15) is 0 Å². The molecule has 0 aliphatic carbocycles. The van der Waals surface area contributed by atoms with Crippen LogP contribution < -0.4 is 10.2 Å². The quantitative estimate of drug-likeness (QED) is 0.467. The minimum atomic E-state index is -0.396. The molecule has 0 bridgehead atoms. The van der Waals surface area contributed by atoms with E-state index < -0.39 is 5.91 Å². The fourth-order valence-electron chi connectivity index (χ4n) is 0.878. The van der Waals surface area contributed by atoms with Gasteiger partial charge in [-0.05, 0) is 24.3 Å². The van der Waals surface area contributed by atoms with Crippen molar-refractivity contribution in [2.45, 2.75) is 0 Å². The van der Waals surface area contributed by atoms with Crippen LogP contribution in [-0.4, -0.2) is 26.4 Å². The minimum Gasteiger partial charge on any atom is -0.484 e. The molecule has 16 heavy (non-hydrogen) atoms. The second-order valence-electron chi connectivity index (χ2n) is 2.82. The summed E-state index contributed by atoms with van der Waals surface area (Å²) >= 11 is 5.69. The van der Waals surface area contributed by atoms with Crippen LogP contribution in [0.25, 0.3) is 0 Å². The predicted octanol–water partition coefficient (Wildman–Crippen LogP) is 1.37. The summed E-state index contributed by atoms with van der Waals surface area (Å²) in [5.41, 5.74) is 2.15. The molecular formula is C10H12ClNO4. The highest BCUT2D eigenvalue weighted by Gasteiger charge is 2.02. The van der Waals surface area contributed by atoms with E-state index in [0.29, 0.717) is 10.8 Å². The Morgan fingerprint density at radius 1 is 1.38 bits per heavy atom. The zero-order chi connectivity index (χ0) is 11.8. The van der Waals surface area contributed by atoms with Crippen molar-refractivity contribution < 1.29 is 19.1 Å². The Hall–Kier alpha value is -1.30. The number of methoxy groups -OCH3 is 1. The van der Waals surface area contributed by atoms with Crippen LogP contribution in [0, 0.1) is 0 Å². The maximum Gasteiger partial charge on any atom is 0.281 e. The van der Waals surface area contributed by atoms with Gasteiger partial charge >= 0.3 is 0 Å². The number of amides is 1. The number of carbonyl (C=O) groups excluding carboxylic acids is 1. The molecule has 0 spiro atoms. The van der Waals surface area contributed by atoms with E-state index in [1.807, 2.05) is 0 Å². The molecule has 0 radical (unpaired) electrons. The summed E-state index contributed by atoms with van der Waals surface area (Å²) in [5.74, 6) is 0.165. The molecular weight excluding hydrogens is 234 g/mol. The third kappa shape index (κ3) is 4.97. The average molecular weight is 246 g/mol. The first-order chi connectivity index (χ1) is 7.72. The molecule has 1 amide bonds. The number of carbonyl (C=O) groups is 1. The van der Waals surface area contributed by atoms with E-state index in [2.05, 4.69) is 15.1 Å². The molecule has 1 aromatic rings. The lowest BCUT2D eigenvalue weighted by Gasteiger charge is -2.06. The van der Waals surface area contributed by atoms with Gasteiger partial charge in [-0.1, -0.05) is 11.6 Å². The molecule has 5 nitrogen and oxygen atoms in total. The Kier molecular flexibility index (Phi) is 5.63. The molecule has 0 aromatic heterocycles. The van der Waals surface area contributed by atoms with Gasteiger partial charge in [-0.15, -0.1) is 0 Å². The highest BCUT2D eigenvalue weighted by atomic mass is 35.5. The van der Waals surface area contributed by atoms with Gasteiger partial charge in [-0.2, -0.15) is 0 Å². The van der Waals surface area contributed by atoms with E-state index in [0.717, 1.165) is 0 Å². The second-order valence-corrected chi connectivity index (χ2v) is 3.26. The van der Waals surface area contributed by atoms with Crippen molar-refractivity contribution in [2.24, 2.45) is 0 Å². The molecule has 6 heteroatoms. The lowest BCUT2D eigenvalue weighted by Crippen LogP contribution is -2.29. The van der Waals surface area contributed by atoms with Crippen molar-refractivity contribution in [2.75, 3.05) is 20.5 Å². The van der Waals surface area contributed by atoms with Gasteiger partial charge in [0, 0.05) is 12.1 Å². The van der Waals surface area contributed by atoms with E-state index >= 15 is 0 Å². The molecule has 1 rings (SSSR count). The number of hydrogen-bond donors (Lipinski definition) is 1. The zero-order valence-electron chi connectivity index (χ0n) is 8.73. The molecule has 0 aliphatic heterocycles. The molecule has 0 unspecified atom stereocenters. The third-order valence-electron chi connectivity index (χ3n) is 1.55. The third-order valence-corrected chi connectivity index (χ3v) is 1.80. The summed E-state index contributed by atoms with van der Waals surface area (Å²) in [6, 6.07) is 6.70. The van der Waals surface area contributed by atoms with Crippen LogP contribution in [0.5, 0.6) is 5.75 Å². The lowest BCUT2D eigenvalue weighted by atomic mass is 10.3. The van der Waals surface area contributed by atoms with Gasteiger partial charge in [0.1, 0.15) is 5.75 Å². The number of halogens is 1. The first-order valence-electron chi connectivity index (χ1n) is 4.50. The summed E-state index contributed by atoms with van der Waals surface area (Å²) < 4.78 is 9.74. The number of hydroxylamine groups is 1. The molecule has 1 N–H and O–H groups in total. The SMILES string of the molecule is COCONC(=O)COc1ccc(Cl)cc1. The number of benzene rings is 1. The van der Waals surface area contributed by atoms with Crippen molar-refractivity contribution in [3.63, 3.8) is 0 Å². The Balaban J connectivity index is 2.23. The van der Waals surface area contributed by atoms with Crippen molar-refractivity contribution in [1.29, 1.82) is 0 Å². The molecule has 0 aliphatic rings. The Morgan fingerprint density at radius 3 is 2.69 bits per heavy atom. The first kappa shape index (κ1) is 12.8. The molecule has 0 saturated carbocycles. The van der Waals surface area contributed by atoms with Gasteiger partial charge < -0.3 is 9.47 Å². The first-order valence-corrected chi connectivity index (χ1v) is 4.88. The maximum absolute atomic E-state index is 11.1. The van der Waals surface area contributed by atoms with Crippen LogP contribution in [0.4, 0.5) is 0 Å². The van der Waals surface area contributed by atoms with Crippen LogP contribution >= 0.6 is 11.6 Å². The standard InChI is InChI=1S/C10H12ClNO4/c1-14-7-16-12-10(13)6-15-9-4-2-8(11)3-5-9/h2-5H,6-7H2,1H3,(H,12,13). The number of nitrogens with one attached hydrogen (secondary N) is 1. The predicted molar refractivity (Wildman–Crippen MR) is 58.1 cm³/mol. The Labute approximate surface area is 98.2 Å². The minimum absolute atomic E-state index is 0.00726. The van der Waals surface area contributed by atoms with E-state index in [9.17, 15) is 4.79 Å². The van der Waals surface area contributed by atoms with Gasteiger partial charge in [-0.3, -0.25) is 4.79 Å². The van der Waals surface area contributed by atoms with Crippen LogP contribution in [0.15, 0.2) is 24.3 Å². The highest BCUT2D eigenvalue weighted by molar-refractivity contribution is 6.30. The van der Waals surface area contributed by atoms with Crippen molar-refractivity contribution in [3.8, 4) is 5.75 Å². The highest BCUT2D eigenvalue weighted by Crippen LogP contribution is 2.15. The average Bonchev–Trinajstić information content (AvgIpc) is 2.29. The zero-order valence-corrected chi connectivity index (χ0v) is 9.49. The van der Waals surface area contributed by atoms with Crippen molar-refractivity contribution in [1.82, 2.24) is 5.48 Å². The number of hydrogen-bond acceptors (Lipinski definition) is 4. The van der Waals surface area contributed by atoms with Gasteiger partial charge in [-0.25, -0.2) is 10.3 Å². The molecule has 0 fully saturated rings. The largest absolute Gasteiger partial charge is 0.484 e. The molecule has 88 valence electrons. The monoisotopic (exact) mass is 245 g/mol. The van der Waals surface area contributed by atoms with Gasteiger partial charge in [0.2, 0.25) is 0 Å².